The number of nitrogens with one attached hydrogen (secondary N) is 1. The van der Waals surface area contributed by atoms with E-state index in [1.54, 1.807) is 11.3 Å². The van der Waals surface area contributed by atoms with Crippen LogP contribution in [-0.2, 0) is 6.42 Å². The molecule has 0 radical (unpaired) electrons. The highest BCUT2D eigenvalue weighted by Crippen LogP contribution is 2.22. The molecule has 0 bridgehead atoms. The van der Waals surface area contributed by atoms with E-state index < -0.39 is 0 Å². The molecule has 0 spiro atoms. The Labute approximate surface area is 88.0 Å². The summed E-state index contributed by atoms with van der Waals surface area (Å²) in [6, 6.07) is 6.45. The van der Waals surface area contributed by atoms with Gasteiger partial charge in [0.05, 0.1) is 15.2 Å². The molecule has 0 saturated heterocycles. The fraction of sp³-hybridized carbons (Fsp3) is 0.364. The monoisotopic (exact) mass is 206 g/mol. The van der Waals surface area contributed by atoms with Gasteiger partial charge in [0.25, 0.3) is 0 Å². The Bertz CT molecular complexity index is 434. The Morgan fingerprint density at radius 1 is 1.43 bits per heavy atom. The number of aryl methyl sites for hydroxylation is 1. The van der Waals surface area contributed by atoms with Gasteiger partial charge in [0.2, 0.25) is 0 Å². The van der Waals surface area contributed by atoms with Gasteiger partial charge in [0, 0.05) is 13.0 Å². The van der Waals surface area contributed by atoms with Gasteiger partial charge in [0.1, 0.15) is 0 Å². The van der Waals surface area contributed by atoms with Crippen LogP contribution < -0.4 is 5.32 Å². The first kappa shape index (κ1) is 9.62. The molecule has 1 aromatic carbocycles. The number of benzene rings is 1. The molecule has 0 aliphatic rings. The van der Waals surface area contributed by atoms with Crippen molar-refractivity contribution >= 4 is 21.6 Å². The van der Waals surface area contributed by atoms with Crippen LogP contribution >= 0.6 is 11.3 Å². The lowest BCUT2D eigenvalue weighted by Gasteiger charge is -1.92. The minimum Gasteiger partial charge on any atom is -0.319 e. The first-order chi connectivity index (χ1) is 6.79. The van der Waals surface area contributed by atoms with Crippen LogP contribution in [0.1, 0.15) is 10.6 Å². The van der Waals surface area contributed by atoms with Crippen LogP contribution in [0.25, 0.3) is 10.2 Å². The summed E-state index contributed by atoms with van der Waals surface area (Å²) in [4.78, 5) is 4.59. The number of fused-ring (bicyclic) bond motifs is 1. The quantitative estimate of drug-likeness (QED) is 0.834. The van der Waals surface area contributed by atoms with Crippen LogP contribution in [0.5, 0.6) is 0 Å². The van der Waals surface area contributed by atoms with Gasteiger partial charge in [-0.2, -0.15) is 0 Å². The normalized spacial score (nSPS) is 11.0. The van der Waals surface area contributed by atoms with Crippen molar-refractivity contribution in [3.63, 3.8) is 0 Å². The van der Waals surface area contributed by atoms with Gasteiger partial charge in [-0.15, -0.1) is 11.3 Å². The zero-order valence-corrected chi connectivity index (χ0v) is 9.32. The summed E-state index contributed by atoms with van der Waals surface area (Å²) in [5.74, 6) is 0. The molecule has 0 saturated carbocycles. The molecule has 0 unspecified atom stereocenters. The van der Waals surface area contributed by atoms with Crippen LogP contribution in [0, 0.1) is 6.92 Å². The number of hydrogen-bond donors (Lipinski definition) is 1. The number of nitrogens with zero attached hydrogens (tertiary/aromatic N) is 1. The minimum absolute atomic E-state index is 0.999. The van der Waals surface area contributed by atoms with E-state index in [4.69, 9.17) is 0 Å². The summed E-state index contributed by atoms with van der Waals surface area (Å²) in [6.07, 6.45) is 1.02. The van der Waals surface area contributed by atoms with Crippen molar-refractivity contribution in [1.82, 2.24) is 10.3 Å². The second-order valence-electron chi connectivity index (χ2n) is 3.43. The molecule has 2 rings (SSSR count). The van der Waals surface area contributed by atoms with E-state index in [0.717, 1.165) is 18.5 Å². The van der Waals surface area contributed by atoms with E-state index in [0.29, 0.717) is 0 Å². The van der Waals surface area contributed by atoms with Crippen molar-refractivity contribution in [2.24, 2.45) is 0 Å². The number of likely N-dealkylation sites (N-methyl/N-ethyl adjacent to an activating group) is 1. The first-order valence-corrected chi connectivity index (χ1v) is 5.62. The standard InChI is InChI=1S/C11H14N2S/c1-8-3-4-10-9(7-8)13-11(14-10)5-6-12-2/h3-4,7,12H,5-6H2,1-2H3. The predicted molar refractivity (Wildman–Crippen MR) is 62.0 cm³/mol. The lowest BCUT2D eigenvalue weighted by Crippen LogP contribution is -2.09. The third-order valence-electron chi connectivity index (χ3n) is 2.18. The van der Waals surface area contributed by atoms with Gasteiger partial charge in [-0.1, -0.05) is 6.07 Å². The SMILES string of the molecule is CNCCc1nc2cc(C)ccc2s1. The minimum atomic E-state index is 0.999. The summed E-state index contributed by atoms with van der Waals surface area (Å²) in [5, 5.41) is 4.36. The molecule has 1 N–H and O–H groups in total. The average Bonchev–Trinajstić information content (AvgIpc) is 2.56. The molecule has 3 heteroatoms. The third kappa shape index (κ3) is 1.94. The summed E-state index contributed by atoms with van der Waals surface area (Å²) in [5.41, 5.74) is 2.42. The van der Waals surface area contributed by atoms with Gasteiger partial charge >= 0.3 is 0 Å². The molecule has 0 fully saturated rings. The van der Waals surface area contributed by atoms with Crippen LogP contribution in [-0.4, -0.2) is 18.6 Å². The van der Waals surface area contributed by atoms with Crippen molar-refractivity contribution in [2.75, 3.05) is 13.6 Å². The fourth-order valence-corrected chi connectivity index (χ4v) is 2.37. The predicted octanol–water partition coefficient (Wildman–Crippen LogP) is 2.37. The van der Waals surface area contributed by atoms with Gasteiger partial charge < -0.3 is 5.32 Å². The van der Waals surface area contributed by atoms with Crippen molar-refractivity contribution in [1.29, 1.82) is 0 Å². The molecule has 0 aliphatic carbocycles. The molecule has 2 aromatic rings. The summed E-state index contributed by atoms with van der Waals surface area (Å²) in [7, 11) is 1.97. The fourth-order valence-electron chi connectivity index (χ4n) is 1.42. The van der Waals surface area contributed by atoms with Crippen molar-refractivity contribution in [3.8, 4) is 0 Å². The third-order valence-corrected chi connectivity index (χ3v) is 3.27. The Balaban J connectivity index is 2.32. The average molecular weight is 206 g/mol. The molecule has 2 nitrogen and oxygen atoms in total. The van der Waals surface area contributed by atoms with Crippen molar-refractivity contribution in [2.45, 2.75) is 13.3 Å². The lowest BCUT2D eigenvalue weighted by atomic mass is 10.2. The number of rotatable bonds is 3. The van der Waals surface area contributed by atoms with Crippen LogP contribution in [0.2, 0.25) is 0 Å². The van der Waals surface area contributed by atoms with E-state index in [-0.39, 0.29) is 0 Å². The summed E-state index contributed by atoms with van der Waals surface area (Å²) < 4.78 is 1.29. The van der Waals surface area contributed by atoms with Gasteiger partial charge in [-0.05, 0) is 31.7 Å². The Kier molecular flexibility index (Phi) is 2.79. The van der Waals surface area contributed by atoms with Crippen molar-refractivity contribution in [3.05, 3.63) is 28.8 Å². The second kappa shape index (κ2) is 4.07. The zero-order valence-electron chi connectivity index (χ0n) is 8.50. The number of thiazole rings is 1. The lowest BCUT2D eigenvalue weighted by molar-refractivity contribution is 0.789. The Morgan fingerprint density at radius 2 is 2.29 bits per heavy atom. The van der Waals surface area contributed by atoms with E-state index in [2.05, 4.69) is 35.4 Å². The topological polar surface area (TPSA) is 24.9 Å². The smallest absolute Gasteiger partial charge is 0.0951 e. The second-order valence-corrected chi connectivity index (χ2v) is 4.55. The summed E-state index contributed by atoms with van der Waals surface area (Å²) in [6.45, 7) is 3.10. The molecule has 0 aliphatic heterocycles. The Hall–Kier alpha value is -0.930. The van der Waals surface area contributed by atoms with Gasteiger partial charge in [-0.3, -0.25) is 0 Å². The summed E-state index contributed by atoms with van der Waals surface area (Å²) >= 11 is 1.79. The van der Waals surface area contributed by atoms with E-state index in [9.17, 15) is 0 Å². The molecule has 74 valence electrons. The maximum absolute atomic E-state index is 4.59. The number of hydrogen-bond acceptors (Lipinski definition) is 3. The van der Waals surface area contributed by atoms with Crippen LogP contribution in [0.15, 0.2) is 18.2 Å². The highest BCUT2D eigenvalue weighted by molar-refractivity contribution is 7.18. The largest absolute Gasteiger partial charge is 0.319 e. The highest BCUT2D eigenvalue weighted by Gasteiger charge is 2.02. The van der Waals surface area contributed by atoms with E-state index in [1.165, 1.54) is 15.3 Å². The maximum atomic E-state index is 4.59. The van der Waals surface area contributed by atoms with E-state index in [1.807, 2.05) is 7.05 Å². The molecule has 0 amide bonds. The van der Waals surface area contributed by atoms with Gasteiger partial charge in [-0.25, -0.2) is 4.98 Å². The molecule has 0 atom stereocenters. The molecule has 1 aromatic heterocycles. The molecule has 1 heterocycles. The molecular formula is C11H14N2S. The van der Waals surface area contributed by atoms with Gasteiger partial charge in [0.15, 0.2) is 0 Å². The Morgan fingerprint density at radius 3 is 3.07 bits per heavy atom. The maximum Gasteiger partial charge on any atom is 0.0951 e. The van der Waals surface area contributed by atoms with Crippen LogP contribution in [0.4, 0.5) is 0 Å². The van der Waals surface area contributed by atoms with Crippen molar-refractivity contribution < 1.29 is 0 Å². The zero-order chi connectivity index (χ0) is 9.97. The highest BCUT2D eigenvalue weighted by atomic mass is 32.1. The number of aromatic nitrogens is 1. The molecular weight excluding hydrogens is 192 g/mol. The first-order valence-electron chi connectivity index (χ1n) is 4.80. The molecule has 14 heavy (non-hydrogen) atoms. The van der Waals surface area contributed by atoms with E-state index >= 15 is 0 Å². The van der Waals surface area contributed by atoms with Crippen LogP contribution in [0.3, 0.4) is 0 Å².